The van der Waals surface area contributed by atoms with Crippen LogP contribution in [0.4, 0.5) is 0 Å². The van der Waals surface area contributed by atoms with Crippen molar-refractivity contribution in [3.63, 3.8) is 0 Å². The molecule has 2 N–H and O–H groups in total. The first-order valence-electron chi connectivity index (χ1n) is 29.1. The van der Waals surface area contributed by atoms with Crippen LogP contribution in [0.3, 0.4) is 0 Å². The lowest BCUT2D eigenvalue weighted by Gasteiger charge is -2.37. The summed E-state index contributed by atoms with van der Waals surface area (Å²) in [6.07, 6.45) is 5.12. The van der Waals surface area contributed by atoms with Gasteiger partial charge in [0.25, 0.3) is 0 Å². The van der Waals surface area contributed by atoms with E-state index in [-0.39, 0.29) is 24.4 Å². The van der Waals surface area contributed by atoms with Gasteiger partial charge in [-0.1, -0.05) is 194 Å². The van der Waals surface area contributed by atoms with Crippen molar-refractivity contribution in [3.8, 4) is 67.1 Å². The van der Waals surface area contributed by atoms with Crippen molar-refractivity contribution in [2.75, 3.05) is 0 Å². The van der Waals surface area contributed by atoms with Gasteiger partial charge in [0.1, 0.15) is 11.5 Å². The molecule has 2 saturated carbocycles. The predicted molar refractivity (Wildman–Crippen MR) is 333 cm³/mol. The van der Waals surface area contributed by atoms with Crippen LogP contribution in [0.25, 0.3) is 98.7 Å². The second-order valence-corrected chi connectivity index (χ2v) is 23.0. The largest absolute Gasteiger partial charge is 0.489 e. The molecule has 12 aromatic rings. The predicted octanol–water partition coefficient (Wildman–Crippen LogP) is 18.7. The fraction of sp³-hybridized carbons (Fsp3) is 0.169. The summed E-state index contributed by atoms with van der Waals surface area (Å²) >= 11 is 0. The van der Waals surface area contributed by atoms with E-state index in [1.165, 1.54) is 43.8 Å². The molecular weight excluding hydrogens is 989 g/mol. The van der Waals surface area contributed by atoms with Crippen LogP contribution in [-0.4, -0.2) is 34.6 Å². The molecule has 0 heterocycles. The maximum Gasteiger partial charge on any atom is 0.135 e. The molecule has 12 aromatic carbocycles. The minimum atomic E-state index is -0.886. The summed E-state index contributed by atoms with van der Waals surface area (Å²) in [5, 5.41) is 31.0. The number of hydrogen-bond donors (Lipinski definition) is 2. The van der Waals surface area contributed by atoms with E-state index in [9.17, 15) is 10.2 Å². The van der Waals surface area contributed by atoms with Gasteiger partial charge in [-0.25, -0.2) is 0 Å². The first kappa shape index (κ1) is 49.3. The molecule has 2 fully saturated rings. The highest BCUT2D eigenvalue weighted by atomic mass is 16.5. The molecule has 0 spiro atoms. The molecule has 0 bridgehead atoms. The average Bonchev–Trinajstić information content (AvgIpc) is 4.10. The molecule has 15 rings (SSSR count). The molecule has 0 radical (unpaired) electrons. The highest BCUT2D eigenvalue weighted by molar-refractivity contribution is 5.98. The highest BCUT2D eigenvalue weighted by Crippen LogP contribution is 2.60. The zero-order chi connectivity index (χ0) is 54.0. The molecular formula is C77H62O4. The molecule has 0 atom stereocenters. The smallest absolute Gasteiger partial charge is 0.135 e. The summed E-state index contributed by atoms with van der Waals surface area (Å²) in [6, 6.07) is 90.0. The Hall–Kier alpha value is -8.80. The Balaban J connectivity index is 1.08. The third-order valence-corrected chi connectivity index (χ3v) is 18.1. The summed E-state index contributed by atoms with van der Waals surface area (Å²) < 4.78 is 15.1. The molecule has 3 aliphatic rings. The third kappa shape index (κ3) is 8.77. The number of benzene rings is 12. The minimum absolute atomic E-state index is 0.0754. The molecule has 3 aliphatic carbocycles. The molecule has 81 heavy (non-hydrogen) atoms. The molecule has 4 heteroatoms. The quantitative estimate of drug-likeness (QED) is 0.143. The van der Waals surface area contributed by atoms with Crippen molar-refractivity contribution >= 4 is 43.1 Å². The molecule has 0 aromatic heterocycles. The van der Waals surface area contributed by atoms with Gasteiger partial charge >= 0.3 is 0 Å². The van der Waals surface area contributed by atoms with Crippen molar-refractivity contribution < 1.29 is 19.7 Å². The van der Waals surface area contributed by atoms with Crippen molar-refractivity contribution in [1.82, 2.24) is 0 Å². The number of fused-ring (bicyclic) bond motifs is 7. The molecule has 0 amide bonds. The van der Waals surface area contributed by atoms with Crippen LogP contribution in [0.15, 0.2) is 243 Å². The van der Waals surface area contributed by atoms with Crippen LogP contribution >= 0.6 is 0 Å². The molecule has 4 nitrogen and oxygen atoms in total. The van der Waals surface area contributed by atoms with E-state index in [2.05, 4.69) is 243 Å². The van der Waals surface area contributed by atoms with Crippen molar-refractivity contribution in [2.24, 2.45) is 0 Å². The van der Waals surface area contributed by atoms with Crippen molar-refractivity contribution in [1.29, 1.82) is 0 Å². The lowest BCUT2D eigenvalue weighted by molar-refractivity contribution is 0.0671. The van der Waals surface area contributed by atoms with Crippen LogP contribution in [0.2, 0.25) is 0 Å². The summed E-state index contributed by atoms with van der Waals surface area (Å²) in [5.74, 6) is 1.71. The van der Waals surface area contributed by atoms with Gasteiger partial charge in [0.2, 0.25) is 0 Å². The first-order valence-corrected chi connectivity index (χ1v) is 29.1. The number of ether oxygens (including phenoxy) is 2. The van der Waals surface area contributed by atoms with E-state index in [4.69, 9.17) is 9.47 Å². The van der Waals surface area contributed by atoms with Crippen LogP contribution in [0.1, 0.15) is 73.6 Å². The summed E-state index contributed by atoms with van der Waals surface area (Å²) in [4.78, 5) is 0. The van der Waals surface area contributed by atoms with E-state index in [1.54, 1.807) is 0 Å². The van der Waals surface area contributed by atoms with Crippen molar-refractivity contribution in [2.45, 2.75) is 81.2 Å². The zero-order valence-electron chi connectivity index (χ0n) is 45.3. The van der Waals surface area contributed by atoms with E-state index in [0.29, 0.717) is 25.7 Å². The highest BCUT2D eigenvalue weighted by Gasteiger charge is 2.48. The fourth-order valence-corrected chi connectivity index (χ4v) is 13.9. The Morgan fingerprint density at radius 1 is 0.272 bits per heavy atom. The SMILES string of the molecule is OC1CCC(Oc2c(-c3ccc4ccccc4c3)cc(C3(c4cc(-c5ccc6ccccc6c5)c(OC5CCC(O)CC5)c(-c5ccc6ccccc6c5)c4)c4ccccc4-c4ccccc43)cc2-c2ccc3ccccc3c2)CC1. The summed E-state index contributed by atoms with van der Waals surface area (Å²) in [7, 11) is 0. The van der Waals surface area contributed by atoms with E-state index >= 15 is 0 Å². The lowest BCUT2D eigenvalue weighted by Crippen LogP contribution is -2.30. The Kier molecular flexibility index (Phi) is 12.4. The Bertz CT molecular complexity index is 3900. The van der Waals surface area contributed by atoms with Gasteiger partial charge in [0.15, 0.2) is 0 Å². The number of aliphatic hydroxyl groups is 2. The number of hydrogen-bond acceptors (Lipinski definition) is 4. The van der Waals surface area contributed by atoms with Crippen LogP contribution in [0.5, 0.6) is 11.5 Å². The molecule has 394 valence electrons. The van der Waals surface area contributed by atoms with Gasteiger partial charge in [0.05, 0.1) is 29.8 Å². The van der Waals surface area contributed by atoms with Crippen LogP contribution < -0.4 is 9.47 Å². The average molecular weight is 1050 g/mol. The van der Waals surface area contributed by atoms with Gasteiger partial charge < -0.3 is 19.7 Å². The van der Waals surface area contributed by atoms with E-state index in [0.717, 1.165) is 114 Å². The molecule has 0 saturated heterocycles. The zero-order valence-corrected chi connectivity index (χ0v) is 45.3. The Morgan fingerprint density at radius 2 is 0.543 bits per heavy atom. The van der Waals surface area contributed by atoms with Crippen molar-refractivity contribution in [3.05, 3.63) is 265 Å². The van der Waals surface area contributed by atoms with Gasteiger partial charge in [-0.2, -0.15) is 0 Å². The van der Waals surface area contributed by atoms with E-state index in [1.807, 2.05) is 0 Å². The van der Waals surface area contributed by atoms with Gasteiger partial charge in [-0.05, 0) is 199 Å². The first-order chi connectivity index (χ1) is 39.9. The molecule has 0 aliphatic heterocycles. The van der Waals surface area contributed by atoms with Gasteiger partial charge in [0, 0.05) is 22.3 Å². The standard InChI is InChI=1S/C77H62O4/c78-63-33-37-65(38-34-63)80-75-69(57-29-25-49-13-1-5-17-53(49)41-57)45-61(46-70(75)58-30-26-50-14-2-6-18-54(50)42-58)77(73-23-11-9-21-67(73)68-22-10-12-24-74(68)77)62-47-71(59-31-27-51-15-3-7-19-55(51)43-59)76(81-66-39-35-64(79)36-40-66)72(48-62)60-32-28-52-16-4-8-20-56(52)44-60/h1-32,41-48,63-66,78-79H,33-40H2. The Morgan fingerprint density at radius 3 is 0.852 bits per heavy atom. The second-order valence-electron chi connectivity index (χ2n) is 23.0. The Labute approximate surface area is 473 Å². The maximum absolute atomic E-state index is 10.8. The topological polar surface area (TPSA) is 58.9 Å². The summed E-state index contributed by atoms with van der Waals surface area (Å²) in [5.41, 5.74) is 14.6. The lowest BCUT2D eigenvalue weighted by atomic mass is 9.66. The molecule has 0 unspecified atom stereocenters. The maximum atomic E-state index is 10.8. The van der Waals surface area contributed by atoms with Crippen LogP contribution in [0, 0.1) is 0 Å². The second kappa shape index (κ2) is 20.4. The fourth-order valence-electron chi connectivity index (χ4n) is 13.9. The van der Waals surface area contributed by atoms with E-state index < -0.39 is 5.41 Å². The van der Waals surface area contributed by atoms with Gasteiger partial charge in [-0.15, -0.1) is 0 Å². The minimum Gasteiger partial charge on any atom is -0.489 e. The normalized spacial score (nSPS) is 18.4. The monoisotopic (exact) mass is 1050 g/mol. The third-order valence-electron chi connectivity index (χ3n) is 18.1. The number of aliphatic hydroxyl groups excluding tert-OH is 2. The van der Waals surface area contributed by atoms with Crippen LogP contribution in [-0.2, 0) is 5.41 Å². The summed E-state index contributed by atoms with van der Waals surface area (Å²) in [6.45, 7) is 0. The van der Waals surface area contributed by atoms with Gasteiger partial charge in [-0.3, -0.25) is 0 Å². The number of rotatable bonds is 10.